The molecule has 20 heavy (non-hydrogen) atoms. The number of nitrogens with zero attached hydrogens (tertiary/aromatic N) is 3. The van der Waals surface area contributed by atoms with E-state index in [4.69, 9.17) is 0 Å². The molecule has 3 rings (SSSR count). The van der Waals surface area contributed by atoms with E-state index in [1.54, 1.807) is 12.5 Å². The standard InChI is InChI=1S/C15H16N4O/c1-11(17-18-15(20)13-2-3-13)12-4-6-14(7-5-12)19-9-8-16-10-19/h4-10,13H,2-3H2,1H3,(H,18,20). The Kier molecular flexibility index (Phi) is 3.33. The van der Waals surface area contributed by atoms with Crippen LogP contribution in [0, 0.1) is 5.92 Å². The third-order valence-corrected chi connectivity index (χ3v) is 3.37. The number of aromatic nitrogens is 2. The number of nitrogens with one attached hydrogen (secondary N) is 1. The van der Waals surface area contributed by atoms with Gasteiger partial charge in [0.25, 0.3) is 0 Å². The van der Waals surface area contributed by atoms with Crippen LogP contribution in [0.4, 0.5) is 0 Å². The average molecular weight is 268 g/mol. The van der Waals surface area contributed by atoms with Gasteiger partial charge >= 0.3 is 0 Å². The molecule has 1 fully saturated rings. The van der Waals surface area contributed by atoms with Crippen molar-refractivity contribution in [3.8, 4) is 5.69 Å². The molecule has 5 heteroatoms. The molecule has 0 bridgehead atoms. The van der Waals surface area contributed by atoms with E-state index in [-0.39, 0.29) is 11.8 Å². The Labute approximate surface area is 117 Å². The molecule has 5 nitrogen and oxygen atoms in total. The Bertz CT molecular complexity index is 624. The summed E-state index contributed by atoms with van der Waals surface area (Å²) in [4.78, 5) is 15.5. The minimum absolute atomic E-state index is 0.0272. The maximum Gasteiger partial charge on any atom is 0.243 e. The van der Waals surface area contributed by atoms with Crippen molar-refractivity contribution in [1.82, 2.24) is 15.0 Å². The Balaban J connectivity index is 1.70. The lowest BCUT2D eigenvalue weighted by atomic mass is 10.1. The van der Waals surface area contributed by atoms with Gasteiger partial charge in [0, 0.05) is 24.0 Å². The molecular formula is C15H16N4O. The molecular weight excluding hydrogens is 252 g/mol. The number of hydrogen-bond acceptors (Lipinski definition) is 3. The monoisotopic (exact) mass is 268 g/mol. The molecule has 1 aromatic heterocycles. The molecule has 0 spiro atoms. The van der Waals surface area contributed by atoms with Gasteiger partial charge < -0.3 is 4.57 Å². The van der Waals surface area contributed by atoms with Crippen LogP contribution in [0.25, 0.3) is 5.69 Å². The second-order valence-electron chi connectivity index (χ2n) is 4.96. The fraction of sp³-hybridized carbons (Fsp3) is 0.267. The highest BCUT2D eigenvalue weighted by Gasteiger charge is 2.29. The summed E-state index contributed by atoms with van der Waals surface area (Å²) in [7, 11) is 0. The molecule has 1 aliphatic carbocycles. The summed E-state index contributed by atoms with van der Waals surface area (Å²) in [5, 5.41) is 4.15. The van der Waals surface area contributed by atoms with Crippen molar-refractivity contribution in [2.24, 2.45) is 11.0 Å². The van der Waals surface area contributed by atoms with E-state index in [1.165, 1.54) is 0 Å². The summed E-state index contributed by atoms with van der Waals surface area (Å²) < 4.78 is 1.94. The molecule has 1 aliphatic rings. The number of imidazole rings is 1. The summed E-state index contributed by atoms with van der Waals surface area (Å²) in [6.07, 6.45) is 7.37. The molecule has 1 heterocycles. The van der Waals surface area contributed by atoms with Gasteiger partial charge in [-0.25, -0.2) is 10.4 Å². The normalized spacial score (nSPS) is 15.2. The van der Waals surface area contributed by atoms with Gasteiger partial charge in [0.05, 0.1) is 12.0 Å². The van der Waals surface area contributed by atoms with Gasteiger partial charge in [-0.15, -0.1) is 0 Å². The van der Waals surface area contributed by atoms with Gasteiger partial charge in [0.1, 0.15) is 0 Å². The van der Waals surface area contributed by atoms with E-state index in [1.807, 2.05) is 42.0 Å². The van der Waals surface area contributed by atoms with Gasteiger partial charge in [-0.3, -0.25) is 4.79 Å². The van der Waals surface area contributed by atoms with E-state index in [0.29, 0.717) is 0 Å². The summed E-state index contributed by atoms with van der Waals surface area (Å²) in [5.41, 5.74) is 5.45. The number of rotatable bonds is 4. The Morgan fingerprint density at radius 3 is 2.70 bits per heavy atom. The highest BCUT2D eigenvalue weighted by Crippen LogP contribution is 2.28. The third kappa shape index (κ3) is 2.77. The fourth-order valence-corrected chi connectivity index (χ4v) is 1.93. The molecule has 1 saturated carbocycles. The lowest BCUT2D eigenvalue weighted by Gasteiger charge is -2.05. The summed E-state index contributed by atoms with van der Waals surface area (Å²) in [6.45, 7) is 1.89. The van der Waals surface area contributed by atoms with Crippen molar-refractivity contribution in [2.45, 2.75) is 19.8 Å². The van der Waals surface area contributed by atoms with E-state index in [2.05, 4.69) is 15.5 Å². The number of amides is 1. The van der Waals surface area contributed by atoms with Crippen LogP contribution in [-0.2, 0) is 4.79 Å². The molecule has 1 aromatic carbocycles. The second-order valence-corrected chi connectivity index (χ2v) is 4.96. The zero-order valence-corrected chi connectivity index (χ0v) is 11.3. The molecule has 0 atom stereocenters. The minimum Gasteiger partial charge on any atom is -0.306 e. The Morgan fingerprint density at radius 1 is 1.35 bits per heavy atom. The highest BCUT2D eigenvalue weighted by molar-refractivity contribution is 5.99. The van der Waals surface area contributed by atoms with Gasteiger partial charge in [-0.2, -0.15) is 5.10 Å². The van der Waals surface area contributed by atoms with E-state index < -0.39 is 0 Å². The number of carbonyl (C=O) groups is 1. The van der Waals surface area contributed by atoms with Gasteiger partial charge in [-0.05, 0) is 37.5 Å². The van der Waals surface area contributed by atoms with Crippen LogP contribution in [0.1, 0.15) is 25.3 Å². The maximum absolute atomic E-state index is 11.5. The quantitative estimate of drug-likeness (QED) is 0.682. The van der Waals surface area contributed by atoms with Crippen LogP contribution in [0.3, 0.4) is 0 Å². The fourth-order valence-electron chi connectivity index (χ4n) is 1.93. The highest BCUT2D eigenvalue weighted by atomic mass is 16.2. The van der Waals surface area contributed by atoms with Crippen molar-refractivity contribution in [3.05, 3.63) is 48.5 Å². The second kappa shape index (κ2) is 5.28. The first-order valence-electron chi connectivity index (χ1n) is 6.67. The molecule has 1 N–H and O–H groups in total. The van der Waals surface area contributed by atoms with E-state index in [9.17, 15) is 4.79 Å². The van der Waals surface area contributed by atoms with Crippen LogP contribution in [0.2, 0.25) is 0 Å². The van der Waals surface area contributed by atoms with Gasteiger partial charge in [-0.1, -0.05) is 12.1 Å². The SMILES string of the molecule is CC(=NNC(=O)C1CC1)c1ccc(-n2ccnc2)cc1. The Morgan fingerprint density at radius 2 is 2.10 bits per heavy atom. The summed E-state index contributed by atoms with van der Waals surface area (Å²) in [6, 6.07) is 7.96. The predicted molar refractivity (Wildman–Crippen MR) is 76.6 cm³/mol. The molecule has 2 aromatic rings. The molecule has 102 valence electrons. The molecule has 0 aliphatic heterocycles. The van der Waals surface area contributed by atoms with Crippen molar-refractivity contribution >= 4 is 11.6 Å². The van der Waals surface area contributed by atoms with Crippen molar-refractivity contribution in [2.75, 3.05) is 0 Å². The maximum atomic E-state index is 11.5. The smallest absolute Gasteiger partial charge is 0.243 e. The first-order valence-corrected chi connectivity index (χ1v) is 6.67. The molecule has 1 amide bonds. The lowest BCUT2D eigenvalue weighted by Crippen LogP contribution is -2.20. The zero-order chi connectivity index (χ0) is 13.9. The number of benzene rings is 1. The third-order valence-electron chi connectivity index (χ3n) is 3.37. The summed E-state index contributed by atoms with van der Waals surface area (Å²) >= 11 is 0. The van der Waals surface area contributed by atoms with Crippen LogP contribution >= 0.6 is 0 Å². The average Bonchev–Trinajstić information content (AvgIpc) is 3.19. The number of carbonyl (C=O) groups excluding carboxylic acids is 1. The van der Waals surface area contributed by atoms with Crippen LogP contribution in [0.15, 0.2) is 48.1 Å². The van der Waals surface area contributed by atoms with E-state index in [0.717, 1.165) is 29.8 Å². The predicted octanol–water partition coefficient (Wildman–Crippen LogP) is 2.12. The first kappa shape index (κ1) is 12.6. The molecule has 0 unspecified atom stereocenters. The van der Waals surface area contributed by atoms with Crippen LogP contribution in [0.5, 0.6) is 0 Å². The van der Waals surface area contributed by atoms with E-state index >= 15 is 0 Å². The topological polar surface area (TPSA) is 59.3 Å². The number of hydrazone groups is 1. The van der Waals surface area contributed by atoms with Gasteiger partial charge in [0.2, 0.25) is 5.91 Å². The summed E-state index contributed by atoms with van der Waals surface area (Å²) in [5.74, 6) is 0.203. The van der Waals surface area contributed by atoms with Crippen LogP contribution in [-0.4, -0.2) is 21.2 Å². The van der Waals surface area contributed by atoms with Crippen molar-refractivity contribution in [1.29, 1.82) is 0 Å². The lowest BCUT2D eigenvalue weighted by molar-refractivity contribution is -0.122. The van der Waals surface area contributed by atoms with Gasteiger partial charge in [0.15, 0.2) is 0 Å². The van der Waals surface area contributed by atoms with Crippen LogP contribution < -0.4 is 5.43 Å². The first-order chi connectivity index (χ1) is 9.74. The Hall–Kier alpha value is -2.43. The largest absolute Gasteiger partial charge is 0.306 e. The number of hydrogen-bond donors (Lipinski definition) is 1. The van der Waals surface area contributed by atoms with Crippen molar-refractivity contribution < 1.29 is 4.79 Å². The zero-order valence-electron chi connectivity index (χ0n) is 11.3. The molecule has 0 saturated heterocycles. The van der Waals surface area contributed by atoms with Crippen molar-refractivity contribution in [3.63, 3.8) is 0 Å². The minimum atomic E-state index is 0.0272. The molecule has 0 radical (unpaired) electrons.